The van der Waals surface area contributed by atoms with Crippen LogP contribution in [0.4, 0.5) is 0 Å². The molecule has 0 aliphatic heterocycles. The van der Waals surface area contributed by atoms with E-state index in [-0.39, 0.29) is 0 Å². The van der Waals surface area contributed by atoms with E-state index in [4.69, 9.17) is 14.9 Å². The molecule has 0 aliphatic carbocycles. The normalized spacial score (nSPS) is 14.0. The summed E-state index contributed by atoms with van der Waals surface area (Å²) < 4.78 is 14.1. The summed E-state index contributed by atoms with van der Waals surface area (Å²) in [6, 6.07) is 0. The lowest BCUT2D eigenvalue weighted by Crippen LogP contribution is -2.34. The number of hydrogen-bond donors (Lipinski definition) is 3. The largest absolute Gasteiger partial charge is 0.469 e. The van der Waals surface area contributed by atoms with Gasteiger partial charge in [-0.15, -0.1) is 0 Å². The fraction of sp³-hybridized carbons (Fsp3) is 0.714. The maximum Gasteiger partial charge on any atom is 0.469 e. The third kappa shape index (κ3) is 5.76. The zero-order valence-electron chi connectivity index (χ0n) is 8.28. The minimum Gasteiger partial charge on any atom is -0.382 e. The molecule has 0 aromatic rings. The molecule has 1 unspecified atom stereocenters. The van der Waals surface area contributed by atoms with Crippen LogP contribution in [0.25, 0.3) is 0 Å². The van der Waals surface area contributed by atoms with Crippen LogP contribution in [0.2, 0.25) is 0 Å². The van der Waals surface area contributed by atoms with Crippen molar-refractivity contribution < 1.29 is 33.6 Å². The van der Waals surface area contributed by atoms with E-state index in [2.05, 4.69) is 4.52 Å². The highest BCUT2D eigenvalue weighted by atomic mass is 31.2. The number of aliphatic hydroxyl groups is 1. The second-order valence-electron chi connectivity index (χ2n) is 3.19. The van der Waals surface area contributed by atoms with Gasteiger partial charge in [-0.05, 0) is 0 Å². The second-order valence-corrected chi connectivity index (χ2v) is 4.42. The van der Waals surface area contributed by atoms with Crippen molar-refractivity contribution in [3.05, 3.63) is 0 Å². The molecule has 0 fully saturated rings. The average molecular weight is 240 g/mol. The van der Waals surface area contributed by atoms with Crippen molar-refractivity contribution in [1.29, 1.82) is 0 Å². The number of aliphatic hydroxyl groups excluding tert-OH is 1. The van der Waals surface area contributed by atoms with E-state index in [1.807, 2.05) is 0 Å². The number of carbonyl (C=O) groups excluding carboxylic acids is 2. The predicted octanol–water partition coefficient (Wildman–Crippen LogP) is -0.749. The summed E-state index contributed by atoms with van der Waals surface area (Å²) in [6.45, 7) is 2.04. The van der Waals surface area contributed by atoms with E-state index in [9.17, 15) is 14.2 Å². The summed E-state index contributed by atoms with van der Waals surface area (Å²) in [5, 5.41) is 9.06. The molecule has 7 nitrogen and oxygen atoms in total. The third-order valence-electron chi connectivity index (χ3n) is 1.47. The summed E-state index contributed by atoms with van der Waals surface area (Å²) in [5.41, 5.74) is 0. The summed E-state index contributed by atoms with van der Waals surface area (Å²) in [4.78, 5) is 38.7. The minimum absolute atomic E-state index is 0.581. The lowest BCUT2D eigenvalue weighted by molar-refractivity contribution is -0.144. The number of rotatable bonds is 6. The maximum atomic E-state index is 11.1. The van der Waals surface area contributed by atoms with Crippen molar-refractivity contribution in [2.75, 3.05) is 6.61 Å². The Balaban J connectivity index is 4.23. The first-order chi connectivity index (χ1) is 6.65. The van der Waals surface area contributed by atoms with Crippen molar-refractivity contribution in [3.63, 3.8) is 0 Å². The van der Waals surface area contributed by atoms with E-state index in [1.165, 1.54) is 13.8 Å². The van der Waals surface area contributed by atoms with Gasteiger partial charge in [0, 0.05) is 5.92 Å². The number of phosphoric ester groups is 1. The average Bonchev–Trinajstić information content (AvgIpc) is 2.10. The molecule has 15 heavy (non-hydrogen) atoms. The van der Waals surface area contributed by atoms with Crippen LogP contribution in [0.1, 0.15) is 13.8 Å². The summed E-state index contributed by atoms with van der Waals surface area (Å²) in [7, 11) is -4.74. The Kier molecular flexibility index (Phi) is 5.27. The Labute approximate surface area is 86.3 Å². The molecule has 0 aliphatic rings. The molecule has 0 saturated carbocycles. The van der Waals surface area contributed by atoms with Crippen LogP contribution < -0.4 is 0 Å². The Morgan fingerprint density at radius 3 is 2.07 bits per heavy atom. The van der Waals surface area contributed by atoms with Gasteiger partial charge in [-0.25, -0.2) is 4.57 Å². The Morgan fingerprint density at radius 2 is 1.73 bits per heavy atom. The van der Waals surface area contributed by atoms with Gasteiger partial charge in [-0.3, -0.25) is 14.1 Å². The Morgan fingerprint density at radius 1 is 1.27 bits per heavy atom. The highest BCUT2D eigenvalue weighted by molar-refractivity contribution is 7.46. The Bertz CT molecular complexity index is 292. The topological polar surface area (TPSA) is 121 Å². The first-order valence-electron chi connectivity index (χ1n) is 4.11. The molecule has 0 radical (unpaired) electrons. The SMILES string of the molecule is CC(C)C(=O)C(=O)C(O)COP(=O)(O)O. The van der Waals surface area contributed by atoms with Crippen molar-refractivity contribution in [1.82, 2.24) is 0 Å². The lowest BCUT2D eigenvalue weighted by atomic mass is 10.0. The van der Waals surface area contributed by atoms with E-state index >= 15 is 0 Å². The van der Waals surface area contributed by atoms with Crippen molar-refractivity contribution in [2.45, 2.75) is 20.0 Å². The highest BCUT2D eigenvalue weighted by Gasteiger charge is 2.27. The number of phosphoric acid groups is 1. The molecule has 1 atom stereocenters. The van der Waals surface area contributed by atoms with Gasteiger partial charge in [0.1, 0.15) is 6.10 Å². The van der Waals surface area contributed by atoms with Crippen LogP contribution in [-0.2, 0) is 18.7 Å². The quantitative estimate of drug-likeness (QED) is 0.412. The first kappa shape index (κ1) is 14.4. The molecule has 0 heterocycles. The van der Waals surface area contributed by atoms with Gasteiger partial charge in [0.2, 0.25) is 11.6 Å². The molecule has 0 rings (SSSR count). The van der Waals surface area contributed by atoms with E-state index < -0.39 is 38.0 Å². The second kappa shape index (κ2) is 5.48. The smallest absolute Gasteiger partial charge is 0.382 e. The molecular formula is C7H13O7P. The molecular weight excluding hydrogens is 227 g/mol. The molecule has 0 amide bonds. The van der Waals surface area contributed by atoms with Crippen LogP contribution in [0.15, 0.2) is 0 Å². The minimum atomic E-state index is -4.74. The Hall–Kier alpha value is -0.590. The van der Waals surface area contributed by atoms with Gasteiger partial charge in [0.05, 0.1) is 6.61 Å². The van der Waals surface area contributed by atoms with Crippen molar-refractivity contribution >= 4 is 19.4 Å². The standard InChI is InChI=1S/C7H13O7P/c1-4(2)6(9)7(10)5(8)3-14-15(11,12)13/h4-5,8H,3H2,1-2H3,(H2,11,12,13). The highest BCUT2D eigenvalue weighted by Crippen LogP contribution is 2.35. The van der Waals surface area contributed by atoms with Crippen molar-refractivity contribution in [3.8, 4) is 0 Å². The molecule has 3 N–H and O–H groups in total. The first-order valence-corrected chi connectivity index (χ1v) is 5.64. The van der Waals surface area contributed by atoms with Gasteiger partial charge in [-0.1, -0.05) is 13.8 Å². The summed E-state index contributed by atoms with van der Waals surface area (Å²) >= 11 is 0. The number of Topliss-reactive ketones (excluding diaryl/α,β-unsaturated/α-hetero) is 2. The lowest BCUT2D eigenvalue weighted by Gasteiger charge is -2.11. The third-order valence-corrected chi connectivity index (χ3v) is 1.96. The fourth-order valence-corrected chi connectivity index (χ4v) is 1.03. The molecule has 0 bridgehead atoms. The number of ketones is 2. The van der Waals surface area contributed by atoms with Gasteiger partial charge in [-0.2, -0.15) is 0 Å². The predicted molar refractivity (Wildman–Crippen MR) is 48.9 cm³/mol. The van der Waals surface area contributed by atoms with Crippen LogP contribution in [0.5, 0.6) is 0 Å². The monoisotopic (exact) mass is 240 g/mol. The van der Waals surface area contributed by atoms with Gasteiger partial charge < -0.3 is 14.9 Å². The molecule has 0 spiro atoms. The molecule has 0 aromatic carbocycles. The van der Waals surface area contributed by atoms with Gasteiger partial charge in [0.25, 0.3) is 0 Å². The number of carbonyl (C=O) groups is 2. The molecule has 0 saturated heterocycles. The van der Waals surface area contributed by atoms with Gasteiger partial charge >= 0.3 is 7.82 Å². The van der Waals surface area contributed by atoms with E-state index in [1.54, 1.807) is 0 Å². The zero-order chi connectivity index (χ0) is 12.2. The summed E-state index contributed by atoms with van der Waals surface area (Å²) in [5.74, 6) is -2.50. The van der Waals surface area contributed by atoms with E-state index in [0.29, 0.717) is 0 Å². The van der Waals surface area contributed by atoms with Crippen LogP contribution in [0, 0.1) is 5.92 Å². The zero-order valence-corrected chi connectivity index (χ0v) is 9.18. The molecule has 0 aromatic heterocycles. The van der Waals surface area contributed by atoms with Crippen LogP contribution in [-0.4, -0.2) is 39.2 Å². The van der Waals surface area contributed by atoms with Gasteiger partial charge in [0.15, 0.2) is 0 Å². The number of hydrogen-bond acceptors (Lipinski definition) is 5. The molecule has 88 valence electrons. The van der Waals surface area contributed by atoms with Crippen LogP contribution in [0.3, 0.4) is 0 Å². The fourth-order valence-electron chi connectivity index (χ4n) is 0.692. The molecule has 8 heteroatoms. The summed E-state index contributed by atoms with van der Waals surface area (Å²) in [6.07, 6.45) is -1.84. The van der Waals surface area contributed by atoms with E-state index in [0.717, 1.165) is 0 Å². The van der Waals surface area contributed by atoms with Crippen LogP contribution >= 0.6 is 7.82 Å². The maximum absolute atomic E-state index is 11.1. The van der Waals surface area contributed by atoms with Crippen molar-refractivity contribution in [2.24, 2.45) is 5.92 Å².